The molecule has 2 aliphatic rings. The lowest BCUT2D eigenvalue weighted by Gasteiger charge is -2.25. The molecule has 0 amide bonds. The van der Waals surface area contributed by atoms with Gasteiger partial charge in [-0.05, 0) is 25.0 Å². The average molecular weight is 324 g/mol. The van der Waals surface area contributed by atoms with Crippen LogP contribution < -0.4 is 4.72 Å². The molecule has 0 aromatic heterocycles. The fraction of sp³-hybridized carbons (Fsp3) is 0.533. The van der Waals surface area contributed by atoms with E-state index in [1.54, 1.807) is 18.2 Å². The summed E-state index contributed by atoms with van der Waals surface area (Å²) in [6, 6.07) is 6.87. The van der Waals surface area contributed by atoms with Gasteiger partial charge in [0.05, 0.1) is 18.1 Å². The lowest BCUT2D eigenvalue weighted by Crippen LogP contribution is -2.29. The molecule has 22 heavy (non-hydrogen) atoms. The van der Waals surface area contributed by atoms with Gasteiger partial charge in [-0.15, -0.1) is 0 Å². The van der Waals surface area contributed by atoms with Crippen molar-refractivity contribution in [1.29, 1.82) is 0 Å². The summed E-state index contributed by atoms with van der Waals surface area (Å²) in [6.45, 7) is 5.72. The second-order valence-corrected chi connectivity index (χ2v) is 7.58. The minimum Gasteiger partial charge on any atom is -0.348 e. The number of nitrogens with zero attached hydrogens (tertiary/aromatic N) is 1. The minimum absolute atomic E-state index is 0.216. The highest BCUT2D eigenvalue weighted by Crippen LogP contribution is 2.27. The summed E-state index contributed by atoms with van der Waals surface area (Å²) in [5.41, 5.74) is 0.634. The zero-order chi connectivity index (χ0) is 15.8. The zero-order valence-corrected chi connectivity index (χ0v) is 13.5. The van der Waals surface area contributed by atoms with E-state index in [1.807, 2.05) is 13.0 Å². The van der Waals surface area contributed by atoms with Crippen molar-refractivity contribution in [2.24, 2.45) is 10.9 Å². The Balaban J connectivity index is 1.71. The molecule has 2 heterocycles. The Morgan fingerprint density at radius 1 is 1.32 bits per heavy atom. The molecule has 0 bridgehead atoms. The van der Waals surface area contributed by atoms with Gasteiger partial charge < -0.3 is 9.47 Å². The molecule has 0 saturated carbocycles. The number of ether oxygens (including phenoxy) is 2. The molecule has 1 atom stereocenters. The topological polar surface area (TPSA) is 77.0 Å². The molecule has 0 radical (unpaired) electrons. The molecule has 0 aliphatic carbocycles. The first kappa shape index (κ1) is 15.5. The second-order valence-electron chi connectivity index (χ2n) is 5.93. The van der Waals surface area contributed by atoms with Crippen LogP contribution >= 0.6 is 0 Å². The van der Waals surface area contributed by atoms with Crippen LogP contribution in [0.25, 0.3) is 0 Å². The van der Waals surface area contributed by atoms with Crippen LogP contribution in [0.15, 0.2) is 34.2 Å². The number of aliphatic imine (C=N–C) groups is 1. The second kappa shape index (κ2) is 5.64. The summed E-state index contributed by atoms with van der Waals surface area (Å²) in [6.07, 6.45) is 0.720. The molecule has 120 valence electrons. The quantitative estimate of drug-likeness (QED) is 0.911. The summed E-state index contributed by atoms with van der Waals surface area (Å²) in [4.78, 5) is 4.74. The Bertz CT molecular complexity index is 693. The van der Waals surface area contributed by atoms with Gasteiger partial charge in [0.1, 0.15) is 5.84 Å². The number of sulfonamides is 1. The lowest BCUT2D eigenvalue weighted by molar-refractivity contribution is -0.153. The largest absolute Gasteiger partial charge is 0.348 e. The molecule has 3 rings (SSSR count). The SMILES string of the molecule is C[C@H](CN=C1NS(=O)(=O)c2ccccc21)CC1(C)OCCO1. The third kappa shape index (κ3) is 3.02. The Morgan fingerprint density at radius 2 is 2.00 bits per heavy atom. The van der Waals surface area contributed by atoms with Gasteiger partial charge in [0.2, 0.25) is 0 Å². The fourth-order valence-electron chi connectivity index (χ4n) is 2.87. The van der Waals surface area contributed by atoms with Crippen LogP contribution in [-0.2, 0) is 19.5 Å². The first-order chi connectivity index (χ1) is 10.4. The predicted octanol–water partition coefficient (Wildman–Crippen LogP) is 1.51. The smallest absolute Gasteiger partial charge is 0.263 e. The molecular weight excluding hydrogens is 304 g/mol. The maximum Gasteiger partial charge on any atom is 0.263 e. The molecule has 1 saturated heterocycles. The third-order valence-electron chi connectivity index (χ3n) is 3.84. The summed E-state index contributed by atoms with van der Waals surface area (Å²) in [5.74, 6) is 0.0842. The van der Waals surface area contributed by atoms with Crippen molar-refractivity contribution in [3.8, 4) is 0 Å². The Kier molecular flexibility index (Phi) is 3.96. The third-order valence-corrected chi connectivity index (χ3v) is 5.24. The van der Waals surface area contributed by atoms with Gasteiger partial charge in [0, 0.05) is 18.5 Å². The Hall–Kier alpha value is -1.44. The monoisotopic (exact) mass is 324 g/mol. The van der Waals surface area contributed by atoms with E-state index in [-0.39, 0.29) is 10.8 Å². The summed E-state index contributed by atoms with van der Waals surface area (Å²) in [5, 5.41) is 0. The molecule has 7 heteroatoms. The molecular formula is C15H20N2O4S. The number of nitrogens with one attached hydrogen (secondary N) is 1. The average Bonchev–Trinajstić information content (AvgIpc) is 2.99. The molecule has 6 nitrogen and oxygen atoms in total. The Labute approximate surface area is 130 Å². The number of rotatable bonds is 4. The van der Waals surface area contributed by atoms with Crippen molar-refractivity contribution in [3.63, 3.8) is 0 Å². The van der Waals surface area contributed by atoms with Crippen molar-refractivity contribution in [2.45, 2.75) is 31.0 Å². The van der Waals surface area contributed by atoms with Gasteiger partial charge in [0.25, 0.3) is 10.0 Å². The summed E-state index contributed by atoms with van der Waals surface area (Å²) in [7, 11) is -3.47. The van der Waals surface area contributed by atoms with Crippen molar-refractivity contribution in [2.75, 3.05) is 19.8 Å². The van der Waals surface area contributed by atoms with Gasteiger partial charge >= 0.3 is 0 Å². The highest BCUT2D eigenvalue weighted by atomic mass is 32.2. The van der Waals surface area contributed by atoms with E-state index in [0.717, 1.165) is 6.42 Å². The van der Waals surface area contributed by atoms with Gasteiger partial charge in [-0.25, -0.2) is 8.42 Å². The fourth-order valence-corrected chi connectivity index (χ4v) is 4.12. The van der Waals surface area contributed by atoms with E-state index in [9.17, 15) is 8.42 Å². The van der Waals surface area contributed by atoms with Gasteiger partial charge in [-0.2, -0.15) is 0 Å². The number of hydrogen-bond acceptors (Lipinski definition) is 5. The van der Waals surface area contributed by atoms with E-state index in [1.165, 1.54) is 0 Å². The number of amidine groups is 1. The highest BCUT2D eigenvalue weighted by Gasteiger charge is 2.33. The van der Waals surface area contributed by atoms with Crippen LogP contribution in [0.1, 0.15) is 25.8 Å². The van der Waals surface area contributed by atoms with E-state index in [4.69, 9.17) is 9.47 Å². The molecule has 0 spiro atoms. The maximum atomic E-state index is 12.0. The maximum absolute atomic E-state index is 12.0. The van der Waals surface area contributed by atoms with Crippen LogP contribution in [-0.4, -0.2) is 39.8 Å². The number of fused-ring (bicyclic) bond motifs is 1. The highest BCUT2D eigenvalue weighted by molar-refractivity contribution is 7.90. The molecule has 1 fully saturated rings. The lowest BCUT2D eigenvalue weighted by atomic mass is 10.0. The first-order valence-corrected chi connectivity index (χ1v) is 8.82. The first-order valence-electron chi connectivity index (χ1n) is 7.34. The van der Waals surface area contributed by atoms with Gasteiger partial charge in [-0.1, -0.05) is 19.1 Å². The van der Waals surface area contributed by atoms with Crippen molar-refractivity contribution >= 4 is 15.9 Å². The summed E-state index contributed by atoms with van der Waals surface area (Å²) >= 11 is 0. The predicted molar refractivity (Wildman–Crippen MR) is 82.3 cm³/mol. The number of hydrogen-bond donors (Lipinski definition) is 1. The minimum atomic E-state index is -3.47. The van der Waals surface area contributed by atoms with Crippen LogP contribution in [0.4, 0.5) is 0 Å². The molecule has 1 aromatic carbocycles. The molecule has 1 aromatic rings. The molecule has 0 unspecified atom stereocenters. The van der Waals surface area contributed by atoms with E-state index in [0.29, 0.717) is 31.2 Å². The molecule has 2 aliphatic heterocycles. The normalized spacial score (nSPS) is 24.9. The van der Waals surface area contributed by atoms with Crippen molar-refractivity contribution in [1.82, 2.24) is 4.72 Å². The summed E-state index contributed by atoms with van der Waals surface area (Å²) < 4.78 is 37.7. The standard InChI is InChI=1S/C15H20N2O4S/c1-11(9-15(2)20-7-8-21-15)10-16-14-12-5-3-4-6-13(12)22(18,19)17-14/h3-6,11H,7-10H2,1-2H3,(H,16,17)/t11-/m0/s1. The zero-order valence-electron chi connectivity index (χ0n) is 12.7. The van der Waals surface area contributed by atoms with Gasteiger partial charge in [0.15, 0.2) is 5.79 Å². The van der Waals surface area contributed by atoms with Gasteiger partial charge in [-0.3, -0.25) is 9.71 Å². The molecule has 1 N–H and O–H groups in total. The van der Waals surface area contributed by atoms with Crippen molar-refractivity contribution < 1.29 is 17.9 Å². The van der Waals surface area contributed by atoms with Crippen LogP contribution in [0.2, 0.25) is 0 Å². The Morgan fingerprint density at radius 3 is 2.73 bits per heavy atom. The van der Waals surface area contributed by atoms with Crippen LogP contribution in [0.5, 0.6) is 0 Å². The van der Waals surface area contributed by atoms with Crippen molar-refractivity contribution in [3.05, 3.63) is 29.8 Å². The van der Waals surface area contributed by atoms with E-state index >= 15 is 0 Å². The van der Waals surface area contributed by atoms with Crippen LogP contribution in [0, 0.1) is 5.92 Å². The van der Waals surface area contributed by atoms with E-state index in [2.05, 4.69) is 16.6 Å². The van der Waals surface area contributed by atoms with Crippen LogP contribution in [0.3, 0.4) is 0 Å². The number of benzene rings is 1. The van der Waals surface area contributed by atoms with E-state index < -0.39 is 15.8 Å².